The average molecular weight is 287 g/mol. The summed E-state index contributed by atoms with van der Waals surface area (Å²) < 4.78 is 5.50. The lowest BCUT2D eigenvalue weighted by Gasteiger charge is -2.28. The van der Waals surface area contributed by atoms with E-state index < -0.39 is 0 Å². The Bertz CT molecular complexity index is 476. The van der Waals surface area contributed by atoms with Crippen molar-refractivity contribution in [2.24, 2.45) is 5.92 Å². The molecule has 1 aromatic carbocycles. The van der Waals surface area contributed by atoms with Gasteiger partial charge in [-0.25, -0.2) is 0 Å². The van der Waals surface area contributed by atoms with Crippen molar-refractivity contribution in [3.63, 3.8) is 0 Å². The van der Waals surface area contributed by atoms with Gasteiger partial charge in [-0.2, -0.15) is 0 Å². The minimum Gasteiger partial charge on any atom is -0.494 e. The second-order valence-corrected chi connectivity index (χ2v) is 6.17. The third-order valence-electron chi connectivity index (χ3n) is 4.82. The minimum absolute atomic E-state index is 0.272. The molecule has 21 heavy (non-hydrogen) atoms. The molecule has 1 saturated carbocycles. The zero-order chi connectivity index (χ0) is 14.7. The van der Waals surface area contributed by atoms with Crippen molar-refractivity contribution in [3.8, 4) is 5.75 Å². The van der Waals surface area contributed by atoms with E-state index in [1.807, 2.05) is 19.1 Å². The first kappa shape index (κ1) is 14.4. The van der Waals surface area contributed by atoms with E-state index in [1.54, 1.807) is 0 Å². The Balaban J connectivity index is 1.72. The molecule has 114 valence electrons. The zero-order valence-corrected chi connectivity index (χ0v) is 12.9. The Morgan fingerprint density at radius 3 is 2.52 bits per heavy atom. The predicted molar refractivity (Wildman–Crippen MR) is 83.3 cm³/mol. The fourth-order valence-corrected chi connectivity index (χ4v) is 3.74. The molecule has 1 saturated heterocycles. The molecule has 1 amide bonds. The normalized spacial score (nSPS) is 22.7. The molecule has 1 unspecified atom stereocenters. The van der Waals surface area contributed by atoms with Crippen LogP contribution in [0.25, 0.3) is 0 Å². The summed E-state index contributed by atoms with van der Waals surface area (Å²) in [5, 5.41) is 0. The van der Waals surface area contributed by atoms with Crippen LogP contribution >= 0.6 is 0 Å². The summed E-state index contributed by atoms with van der Waals surface area (Å²) in [7, 11) is 0. The summed E-state index contributed by atoms with van der Waals surface area (Å²) in [5.74, 6) is 1.59. The summed E-state index contributed by atoms with van der Waals surface area (Å²) in [6, 6.07) is 8.56. The summed E-state index contributed by atoms with van der Waals surface area (Å²) in [4.78, 5) is 14.8. The predicted octanol–water partition coefficient (Wildman–Crippen LogP) is 3.94. The van der Waals surface area contributed by atoms with Crippen LogP contribution in [0.3, 0.4) is 0 Å². The lowest BCUT2D eigenvalue weighted by atomic mass is 10.0. The fourth-order valence-electron chi connectivity index (χ4n) is 3.74. The maximum Gasteiger partial charge on any atom is 0.226 e. The molecule has 3 nitrogen and oxygen atoms in total. The van der Waals surface area contributed by atoms with E-state index >= 15 is 0 Å². The molecule has 1 aromatic rings. The second-order valence-electron chi connectivity index (χ2n) is 6.17. The molecule has 1 heterocycles. The Morgan fingerprint density at radius 1 is 1.14 bits per heavy atom. The highest BCUT2D eigenvalue weighted by Crippen LogP contribution is 2.36. The van der Waals surface area contributed by atoms with Gasteiger partial charge in [-0.05, 0) is 50.3 Å². The van der Waals surface area contributed by atoms with Gasteiger partial charge in [0.2, 0.25) is 5.91 Å². The van der Waals surface area contributed by atoms with E-state index in [9.17, 15) is 4.79 Å². The number of carbonyl (C=O) groups excluding carboxylic acids is 1. The third-order valence-corrected chi connectivity index (χ3v) is 4.82. The highest BCUT2D eigenvalue weighted by molar-refractivity contribution is 5.80. The molecule has 3 rings (SSSR count). The molecule has 0 aromatic heterocycles. The lowest BCUT2D eigenvalue weighted by Crippen LogP contribution is -2.34. The Kier molecular flexibility index (Phi) is 4.47. The Hall–Kier alpha value is -1.51. The number of hydrogen-bond donors (Lipinski definition) is 0. The summed E-state index contributed by atoms with van der Waals surface area (Å²) in [6.07, 6.45) is 6.83. The molecule has 0 bridgehead atoms. The summed E-state index contributed by atoms with van der Waals surface area (Å²) >= 11 is 0. The first-order chi connectivity index (χ1) is 10.3. The van der Waals surface area contributed by atoms with Gasteiger partial charge in [0.1, 0.15) is 5.75 Å². The summed E-state index contributed by atoms with van der Waals surface area (Å²) in [5.41, 5.74) is 1.25. The van der Waals surface area contributed by atoms with Crippen LogP contribution in [0, 0.1) is 5.92 Å². The smallest absolute Gasteiger partial charge is 0.226 e. The average Bonchev–Trinajstić information content (AvgIpc) is 3.19. The summed E-state index contributed by atoms with van der Waals surface area (Å²) in [6.45, 7) is 3.61. The van der Waals surface area contributed by atoms with E-state index in [0.717, 1.165) is 38.0 Å². The van der Waals surface area contributed by atoms with Crippen LogP contribution in [0.2, 0.25) is 0 Å². The SMILES string of the molecule is CCOc1ccc(C2CCCN2C(=O)C2CCCC2)cc1. The fraction of sp³-hybridized carbons (Fsp3) is 0.611. The van der Waals surface area contributed by atoms with Crippen molar-refractivity contribution in [2.75, 3.05) is 13.2 Å². The van der Waals surface area contributed by atoms with Crippen molar-refractivity contribution in [1.82, 2.24) is 4.90 Å². The standard InChI is InChI=1S/C18H25NO2/c1-2-21-16-11-9-14(10-12-16)17-8-5-13-19(17)18(20)15-6-3-4-7-15/h9-12,15,17H,2-8,13H2,1H3. The quantitative estimate of drug-likeness (QED) is 0.839. The van der Waals surface area contributed by atoms with Crippen LogP contribution in [0.5, 0.6) is 5.75 Å². The van der Waals surface area contributed by atoms with Crippen LogP contribution in [0.15, 0.2) is 24.3 Å². The van der Waals surface area contributed by atoms with Crippen LogP contribution in [0.1, 0.15) is 57.1 Å². The molecule has 1 aliphatic heterocycles. The number of hydrogen-bond acceptors (Lipinski definition) is 2. The van der Waals surface area contributed by atoms with Crippen molar-refractivity contribution < 1.29 is 9.53 Å². The van der Waals surface area contributed by atoms with Gasteiger partial charge in [-0.3, -0.25) is 4.79 Å². The molecule has 1 aliphatic carbocycles. The third kappa shape index (κ3) is 3.07. The maximum absolute atomic E-state index is 12.7. The monoisotopic (exact) mass is 287 g/mol. The molecule has 0 radical (unpaired) electrons. The van der Waals surface area contributed by atoms with E-state index in [2.05, 4.69) is 17.0 Å². The molecule has 0 spiro atoms. The first-order valence-electron chi connectivity index (χ1n) is 8.33. The first-order valence-corrected chi connectivity index (χ1v) is 8.33. The Labute approximate surface area is 127 Å². The van der Waals surface area contributed by atoms with Crippen LogP contribution in [-0.2, 0) is 4.79 Å². The lowest BCUT2D eigenvalue weighted by molar-refractivity contribution is -0.136. The van der Waals surface area contributed by atoms with Crippen LogP contribution < -0.4 is 4.74 Å². The number of likely N-dealkylation sites (tertiary alicyclic amines) is 1. The van der Waals surface area contributed by atoms with Crippen molar-refractivity contribution in [2.45, 2.75) is 51.5 Å². The number of rotatable bonds is 4. The molecule has 3 heteroatoms. The second kappa shape index (κ2) is 6.50. The van der Waals surface area contributed by atoms with Crippen molar-refractivity contribution in [3.05, 3.63) is 29.8 Å². The molecular formula is C18H25NO2. The largest absolute Gasteiger partial charge is 0.494 e. The van der Waals surface area contributed by atoms with Gasteiger partial charge in [-0.1, -0.05) is 25.0 Å². The van der Waals surface area contributed by atoms with Gasteiger partial charge in [0.15, 0.2) is 0 Å². The molecule has 1 atom stereocenters. The molecule has 0 N–H and O–H groups in total. The number of amides is 1. The van der Waals surface area contributed by atoms with Gasteiger partial charge in [-0.15, -0.1) is 0 Å². The minimum atomic E-state index is 0.272. The van der Waals surface area contributed by atoms with E-state index in [-0.39, 0.29) is 12.0 Å². The topological polar surface area (TPSA) is 29.5 Å². The van der Waals surface area contributed by atoms with Crippen molar-refractivity contribution in [1.29, 1.82) is 0 Å². The number of carbonyl (C=O) groups is 1. The molecule has 2 fully saturated rings. The highest BCUT2D eigenvalue weighted by Gasteiger charge is 2.34. The zero-order valence-electron chi connectivity index (χ0n) is 12.9. The van der Waals surface area contributed by atoms with E-state index in [0.29, 0.717) is 12.5 Å². The number of ether oxygens (including phenoxy) is 1. The van der Waals surface area contributed by atoms with Gasteiger partial charge < -0.3 is 9.64 Å². The molecule has 2 aliphatic rings. The van der Waals surface area contributed by atoms with Crippen LogP contribution in [-0.4, -0.2) is 24.0 Å². The van der Waals surface area contributed by atoms with Gasteiger partial charge in [0.05, 0.1) is 12.6 Å². The maximum atomic E-state index is 12.7. The van der Waals surface area contributed by atoms with Gasteiger partial charge >= 0.3 is 0 Å². The van der Waals surface area contributed by atoms with Crippen LogP contribution in [0.4, 0.5) is 0 Å². The van der Waals surface area contributed by atoms with Gasteiger partial charge in [0.25, 0.3) is 0 Å². The number of benzene rings is 1. The molecular weight excluding hydrogens is 262 g/mol. The van der Waals surface area contributed by atoms with Gasteiger partial charge in [0, 0.05) is 12.5 Å². The van der Waals surface area contributed by atoms with Crippen molar-refractivity contribution >= 4 is 5.91 Å². The van der Waals surface area contributed by atoms with E-state index in [1.165, 1.54) is 18.4 Å². The highest BCUT2D eigenvalue weighted by atomic mass is 16.5. The van der Waals surface area contributed by atoms with E-state index in [4.69, 9.17) is 4.74 Å². The number of nitrogens with zero attached hydrogens (tertiary/aromatic N) is 1. The Morgan fingerprint density at radius 2 is 1.86 bits per heavy atom.